The first-order valence-electron chi connectivity index (χ1n) is 8.72. The average molecular weight is 333 g/mol. The minimum atomic E-state index is -0.562. The molecule has 132 valence electrons. The molecule has 0 amide bonds. The Balaban J connectivity index is 1.88. The van der Waals surface area contributed by atoms with Crippen molar-refractivity contribution in [1.29, 1.82) is 0 Å². The van der Waals surface area contributed by atoms with Crippen LogP contribution in [0.3, 0.4) is 0 Å². The zero-order valence-electron chi connectivity index (χ0n) is 14.8. The maximum atomic E-state index is 12.3. The Kier molecular flexibility index (Phi) is 4.99. The fraction of sp³-hybridized carbons (Fsp3) is 0.632. The second-order valence-corrected chi connectivity index (χ2v) is 7.03. The largest absolute Gasteiger partial charge is 0.493 e. The Morgan fingerprint density at radius 2 is 1.96 bits per heavy atom. The maximum absolute atomic E-state index is 12.3. The lowest BCUT2D eigenvalue weighted by atomic mass is 9.76. The molecule has 0 bridgehead atoms. The van der Waals surface area contributed by atoms with Crippen LogP contribution >= 0.6 is 0 Å². The van der Waals surface area contributed by atoms with Crippen molar-refractivity contribution in [3.63, 3.8) is 0 Å². The molecule has 5 nitrogen and oxygen atoms in total. The van der Waals surface area contributed by atoms with Crippen LogP contribution in [0.25, 0.3) is 0 Å². The predicted molar refractivity (Wildman–Crippen MR) is 91.6 cm³/mol. The topological polar surface area (TPSA) is 56.8 Å². The van der Waals surface area contributed by atoms with Crippen molar-refractivity contribution >= 4 is 5.97 Å². The van der Waals surface area contributed by atoms with Crippen LogP contribution in [0.2, 0.25) is 0 Å². The summed E-state index contributed by atoms with van der Waals surface area (Å²) in [6.07, 6.45) is 4.90. The molecule has 5 heteroatoms. The molecule has 1 saturated carbocycles. The fourth-order valence-corrected chi connectivity index (χ4v) is 3.95. The molecule has 0 aromatic heterocycles. The Hall–Kier alpha value is -1.75. The molecule has 2 unspecified atom stereocenters. The van der Waals surface area contributed by atoms with E-state index < -0.39 is 5.41 Å². The minimum Gasteiger partial charge on any atom is -0.493 e. The van der Waals surface area contributed by atoms with Crippen molar-refractivity contribution in [3.05, 3.63) is 23.8 Å². The van der Waals surface area contributed by atoms with E-state index in [2.05, 4.69) is 5.32 Å². The Bertz CT molecular complexity index is 597. The zero-order chi connectivity index (χ0) is 17.2. The van der Waals surface area contributed by atoms with Crippen LogP contribution in [0.4, 0.5) is 0 Å². The van der Waals surface area contributed by atoms with E-state index in [-0.39, 0.29) is 18.0 Å². The maximum Gasteiger partial charge on any atom is 0.313 e. The van der Waals surface area contributed by atoms with Gasteiger partial charge in [-0.3, -0.25) is 4.79 Å². The van der Waals surface area contributed by atoms with Gasteiger partial charge in [-0.25, -0.2) is 0 Å². The highest BCUT2D eigenvalue weighted by atomic mass is 16.5. The van der Waals surface area contributed by atoms with Gasteiger partial charge in [0.1, 0.15) is 0 Å². The summed E-state index contributed by atoms with van der Waals surface area (Å²) in [5, 5.41) is 3.32. The number of methoxy groups -OCH3 is 2. The molecule has 1 N–H and O–H groups in total. The van der Waals surface area contributed by atoms with Gasteiger partial charge in [-0.05, 0) is 50.3 Å². The van der Waals surface area contributed by atoms with Crippen molar-refractivity contribution in [2.75, 3.05) is 27.3 Å². The first kappa shape index (κ1) is 17.1. The molecule has 1 aromatic rings. The van der Waals surface area contributed by atoms with E-state index in [0.29, 0.717) is 6.54 Å². The number of carbonyl (C=O) groups excluding carboxylic acids is 1. The van der Waals surface area contributed by atoms with Gasteiger partial charge >= 0.3 is 5.97 Å². The molecule has 1 saturated heterocycles. The van der Waals surface area contributed by atoms with Gasteiger partial charge in [-0.1, -0.05) is 6.07 Å². The summed E-state index contributed by atoms with van der Waals surface area (Å²) in [6.45, 7) is 3.33. The summed E-state index contributed by atoms with van der Waals surface area (Å²) in [5.74, 6) is 1.41. The van der Waals surface area contributed by atoms with Crippen LogP contribution in [0, 0.1) is 5.41 Å². The summed E-state index contributed by atoms with van der Waals surface area (Å²) in [6, 6.07) is 6.00. The summed E-state index contributed by atoms with van der Waals surface area (Å²) in [7, 11) is 3.11. The van der Waals surface area contributed by atoms with Crippen LogP contribution in [0.15, 0.2) is 18.2 Å². The molecule has 0 spiro atoms. The molecule has 2 atom stereocenters. The summed E-state index contributed by atoms with van der Waals surface area (Å²) in [5.41, 5.74) is 0.523. The van der Waals surface area contributed by atoms with E-state index in [1.54, 1.807) is 7.11 Å². The van der Waals surface area contributed by atoms with Gasteiger partial charge in [0.25, 0.3) is 0 Å². The molecule has 1 aliphatic heterocycles. The highest BCUT2D eigenvalue weighted by Gasteiger charge is 2.47. The van der Waals surface area contributed by atoms with E-state index >= 15 is 0 Å². The molecule has 0 radical (unpaired) electrons. The molecule has 3 rings (SSSR count). The molecule has 1 aromatic carbocycles. The van der Waals surface area contributed by atoms with Gasteiger partial charge in [0.15, 0.2) is 11.5 Å². The number of hydrogen-bond acceptors (Lipinski definition) is 5. The lowest BCUT2D eigenvalue weighted by Crippen LogP contribution is -2.35. The molecule has 24 heavy (non-hydrogen) atoms. The van der Waals surface area contributed by atoms with E-state index in [9.17, 15) is 4.79 Å². The normalized spacial score (nSPS) is 27.2. The average Bonchev–Trinajstić information content (AvgIpc) is 3.24. The highest BCUT2D eigenvalue weighted by Crippen LogP contribution is 2.43. The number of nitrogens with one attached hydrogen (secondary N) is 1. The number of hydrogen-bond donors (Lipinski definition) is 1. The quantitative estimate of drug-likeness (QED) is 0.840. The lowest BCUT2D eigenvalue weighted by molar-refractivity contribution is -0.151. The van der Waals surface area contributed by atoms with Gasteiger partial charge in [0, 0.05) is 19.0 Å². The predicted octanol–water partition coefficient (Wildman–Crippen LogP) is 2.88. The van der Waals surface area contributed by atoms with Crippen molar-refractivity contribution in [1.82, 2.24) is 5.32 Å². The standard InChI is InChI=1S/C19H27NO4/c1-19(18(21)23-3)12-20-11-15(19)13-8-9-16(22-2)17(10-13)24-14-6-4-5-7-14/h8-10,14-15,20H,4-7,11-12H2,1-3H3. The van der Waals surface area contributed by atoms with Crippen LogP contribution in [0.1, 0.15) is 44.1 Å². The molecule has 2 fully saturated rings. The molecule has 2 aliphatic rings. The van der Waals surface area contributed by atoms with Gasteiger partial charge in [0.05, 0.1) is 25.7 Å². The minimum absolute atomic E-state index is 0.0572. The number of rotatable bonds is 5. The third-order valence-corrected chi connectivity index (χ3v) is 5.45. The van der Waals surface area contributed by atoms with Gasteiger partial charge in [-0.2, -0.15) is 0 Å². The van der Waals surface area contributed by atoms with Gasteiger partial charge < -0.3 is 19.5 Å². The van der Waals surface area contributed by atoms with Crippen LogP contribution in [0.5, 0.6) is 11.5 Å². The molecular formula is C19H27NO4. The van der Waals surface area contributed by atoms with Crippen molar-refractivity contribution in [2.24, 2.45) is 5.41 Å². The summed E-state index contributed by atoms with van der Waals surface area (Å²) < 4.78 is 16.7. The smallest absolute Gasteiger partial charge is 0.313 e. The van der Waals surface area contributed by atoms with E-state index in [0.717, 1.165) is 36.4 Å². The second kappa shape index (κ2) is 7.01. The van der Waals surface area contributed by atoms with Crippen LogP contribution in [-0.2, 0) is 9.53 Å². The van der Waals surface area contributed by atoms with Gasteiger partial charge in [-0.15, -0.1) is 0 Å². The van der Waals surface area contributed by atoms with E-state index in [4.69, 9.17) is 14.2 Å². The fourth-order valence-electron chi connectivity index (χ4n) is 3.95. The SMILES string of the molecule is COC(=O)C1(C)CNCC1c1ccc(OC)c(OC2CCCC2)c1. The first-order chi connectivity index (χ1) is 11.6. The molecule has 1 aliphatic carbocycles. The summed E-state index contributed by atoms with van der Waals surface area (Å²) in [4.78, 5) is 12.3. The van der Waals surface area contributed by atoms with Crippen LogP contribution < -0.4 is 14.8 Å². The molecule has 1 heterocycles. The second-order valence-electron chi connectivity index (χ2n) is 7.03. The summed E-state index contributed by atoms with van der Waals surface area (Å²) >= 11 is 0. The monoisotopic (exact) mass is 333 g/mol. The van der Waals surface area contributed by atoms with Crippen molar-refractivity contribution in [3.8, 4) is 11.5 Å². The third kappa shape index (κ3) is 3.09. The van der Waals surface area contributed by atoms with E-state index in [1.165, 1.54) is 20.0 Å². The van der Waals surface area contributed by atoms with E-state index in [1.807, 2.05) is 25.1 Å². The number of benzene rings is 1. The van der Waals surface area contributed by atoms with Gasteiger partial charge in [0.2, 0.25) is 0 Å². The Morgan fingerprint density at radius 1 is 1.21 bits per heavy atom. The highest BCUT2D eigenvalue weighted by molar-refractivity contribution is 5.78. The third-order valence-electron chi connectivity index (χ3n) is 5.45. The lowest BCUT2D eigenvalue weighted by Gasteiger charge is -2.28. The van der Waals surface area contributed by atoms with Crippen LogP contribution in [-0.4, -0.2) is 39.4 Å². The first-order valence-corrected chi connectivity index (χ1v) is 8.72. The van der Waals surface area contributed by atoms with Crippen molar-refractivity contribution < 1.29 is 19.0 Å². The van der Waals surface area contributed by atoms with Crippen molar-refractivity contribution in [2.45, 2.75) is 44.6 Å². The number of carbonyl (C=O) groups is 1. The molecular weight excluding hydrogens is 306 g/mol. The zero-order valence-corrected chi connectivity index (χ0v) is 14.8. The Labute approximate surface area is 143 Å². The number of esters is 1. The number of ether oxygens (including phenoxy) is 3. The Morgan fingerprint density at radius 3 is 2.62 bits per heavy atom.